The van der Waals surface area contributed by atoms with Crippen LogP contribution in [0.1, 0.15) is 36.1 Å². The third-order valence-electron chi connectivity index (χ3n) is 3.88. The van der Waals surface area contributed by atoms with Crippen LogP contribution in [0.2, 0.25) is 0 Å². The fourth-order valence-corrected chi connectivity index (χ4v) is 2.66. The largest absolute Gasteiger partial charge is 0.378 e. The number of hydrogen-bond acceptors (Lipinski definition) is 2. The van der Waals surface area contributed by atoms with E-state index in [4.69, 9.17) is 0 Å². The van der Waals surface area contributed by atoms with Gasteiger partial charge in [0.25, 0.3) is 0 Å². The molecule has 1 N–H and O–H groups in total. The quantitative estimate of drug-likeness (QED) is 0.861. The Morgan fingerprint density at radius 2 is 1.43 bits per heavy atom. The first-order valence-corrected chi connectivity index (χ1v) is 7.69. The van der Waals surface area contributed by atoms with Gasteiger partial charge < -0.3 is 10.2 Å². The molecule has 2 nitrogen and oxygen atoms in total. The van der Waals surface area contributed by atoms with Gasteiger partial charge in [0, 0.05) is 19.8 Å². The van der Waals surface area contributed by atoms with E-state index in [1.54, 1.807) is 0 Å². The molecule has 0 aromatic heterocycles. The third kappa shape index (κ3) is 3.85. The van der Waals surface area contributed by atoms with Crippen LogP contribution in [-0.4, -0.2) is 21.1 Å². The van der Waals surface area contributed by atoms with E-state index < -0.39 is 0 Å². The molecular formula is C19H26N2. The van der Waals surface area contributed by atoms with Crippen molar-refractivity contribution in [2.24, 2.45) is 0 Å². The molecule has 0 heterocycles. The fraction of sp³-hybridized carbons (Fsp3) is 0.368. The summed E-state index contributed by atoms with van der Waals surface area (Å²) in [5.74, 6) is 0. The van der Waals surface area contributed by atoms with Crippen molar-refractivity contribution in [3.8, 4) is 0 Å². The van der Waals surface area contributed by atoms with E-state index >= 15 is 0 Å². The van der Waals surface area contributed by atoms with Crippen molar-refractivity contribution in [2.75, 3.05) is 26.0 Å². The van der Waals surface area contributed by atoms with E-state index in [1.807, 2.05) is 7.05 Å². The zero-order valence-corrected chi connectivity index (χ0v) is 13.6. The Balaban J connectivity index is 2.22. The molecule has 0 aliphatic carbocycles. The Bertz CT molecular complexity index is 541. The van der Waals surface area contributed by atoms with Crippen molar-refractivity contribution >= 4 is 5.69 Å². The van der Waals surface area contributed by atoms with Crippen LogP contribution in [0.5, 0.6) is 0 Å². The first kappa shape index (κ1) is 15.6. The van der Waals surface area contributed by atoms with Crippen molar-refractivity contribution in [2.45, 2.75) is 25.8 Å². The molecule has 2 rings (SSSR count). The van der Waals surface area contributed by atoms with Crippen LogP contribution in [0.25, 0.3) is 0 Å². The molecule has 0 aliphatic heterocycles. The molecular weight excluding hydrogens is 256 g/mol. The van der Waals surface area contributed by atoms with Gasteiger partial charge in [-0.25, -0.2) is 0 Å². The molecule has 2 heteroatoms. The summed E-state index contributed by atoms with van der Waals surface area (Å²) in [5, 5.41) is 3.42. The molecule has 112 valence electrons. The number of aryl methyl sites for hydroxylation is 1. The summed E-state index contributed by atoms with van der Waals surface area (Å²) in [6, 6.07) is 18.0. The van der Waals surface area contributed by atoms with Crippen molar-refractivity contribution in [1.29, 1.82) is 0 Å². The highest BCUT2D eigenvalue weighted by atomic mass is 15.1. The first-order chi connectivity index (χ1) is 10.2. The van der Waals surface area contributed by atoms with Crippen molar-refractivity contribution in [3.63, 3.8) is 0 Å². The van der Waals surface area contributed by atoms with Gasteiger partial charge in [0.2, 0.25) is 0 Å². The standard InChI is InChI=1S/C19H26N2/c1-5-6-15-7-9-16(10-8-15)19(20-2)17-11-13-18(14-12-17)21(3)4/h7-14,19-20H,5-6H2,1-4H3. The second kappa shape index (κ2) is 7.28. The first-order valence-electron chi connectivity index (χ1n) is 7.69. The highest BCUT2D eigenvalue weighted by molar-refractivity contribution is 5.47. The molecule has 2 aromatic rings. The Morgan fingerprint density at radius 1 is 0.905 bits per heavy atom. The Kier molecular flexibility index (Phi) is 5.40. The van der Waals surface area contributed by atoms with Gasteiger partial charge in [-0.1, -0.05) is 49.7 Å². The summed E-state index contributed by atoms with van der Waals surface area (Å²) in [6.45, 7) is 2.22. The van der Waals surface area contributed by atoms with Gasteiger partial charge in [-0.3, -0.25) is 0 Å². The Hall–Kier alpha value is -1.80. The van der Waals surface area contributed by atoms with Gasteiger partial charge in [-0.15, -0.1) is 0 Å². The van der Waals surface area contributed by atoms with Gasteiger partial charge in [-0.05, 0) is 42.3 Å². The van der Waals surface area contributed by atoms with E-state index in [-0.39, 0.29) is 6.04 Å². The van der Waals surface area contributed by atoms with Gasteiger partial charge in [0.05, 0.1) is 6.04 Å². The summed E-state index contributed by atoms with van der Waals surface area (Å²) < 4.78 is 0. The van der Waals surface area contributed by atoms with Crippen LogP contribution >= 0.6 is 0 Å². The normalized spacial score (nSPS) is 12.2. The predicted octanol–water partition coefficient (Wildman–Crippen LogP) is 4.01. The predicted molar refractivity (Wildman–Crippen MR) is 92.1 cm³/mol. The molecule has 0 saturated carbocycles. The highest BCUT2D eigenvalue weighted by Crippen LogP contribution is 2.24. The van der Waals surface area contributed by atoms with Crippen LogP contribution < -0.4 is 10.2 Å². The number of nitrogens with zero attached hydrogens (tertiary/aromatic N) is 1. The molecule has 1 atom stereocenters. The van der Waals surface area contributed by atoms with Crippen molar-refractivity contribution < 1.29 is 0 Å². The summed E-state index contributed by atoms with van der Waals surface area (Å²) in [4.78, 5) is 2.12. The molecule has 0 saturated heterocycles. The monoisotopic (exact) mass is 282 g/mol. The smallest absolute Gasteiger partial charge is 0.0574 e. The number of benzene rings is 2. The molecule has 0 fully saturated rings. The Morgan fingerprint density at radius 3 is 1.86 bits per heavy atom. The van der Waals surface area contributed by atoms with Gasteiger partial charge >= 0.3 is 0 Å². The average Bonchev–Trinajstić information content (AvgIpc) is 2.50. The summed E-state index contributed by atoms with van der Waals surface area (Å²) in [5.41, 5.74) is 5.26. The van der Waals surface area contributed by atoms with E-state index in [0.29, 0.717) is 0 Å². The van der Waals surface area contributed by atoms with Crippen molar-refractivity contribution in [1.82, 2.24) is 5.32 Å². The number of nitrogens with one attached hydrogen (secondary N) is 1. The average molecular weight is 282 g/mol. The molecule has 0 radical (unpaired) electrons. The summed E-state index contributed by atoms with van der Waals surface area (Å²) in [6.07, 6.45) is 2.35. The van der Waals surface area contributed by atoms with Gasteiger partial charge in [0.1, 0.15) is 0 Å². The van der Waals surface area contributed by atoms with Crippen molar-refractivity contribution in [3.05, 3.63) is 65.2 Å². The molecule has 0 bridgehead atoms. The zero-order valence-electron chi connectivity index (χ0n) is 13.6. The van der Waals surface area contributed by atoms with Crippen LogP contribution in [0.15, 0.2) is 48.5 Å². The van der Waals surface area contributed by atoms with E-state index in [9.17, 15) is 0 Å². The maximum Gasteiger partial charge on any atom is 0.0574 e. The lowest BCUT2D eigenvalue weighted by Gasteiger charge is -2.19. The van der Waals surface area contributed by atoms with E-state index in [2.05, 4.69) is 79.8 Å². The second-order valence-electron chi connectivity index (χ2n) is 5.70. The molecule has 1 unspecified atom stereocenters. The van der Waals surface area contributed by atoms with Gasteiger partial charge in [-0.2, -0.15) is 0 Å². The van der Waals surface area contributed by atoms with Gasteiger partial charge in [0.15, 0.2) is 0 Å². The molecule has 0 amide bonds. The number of rotatable bonds is 6. The number of hydrogen-bond donors (Lipinski definition) is 1. The third-order valence-corrected chi connectivity index (χ3v) is 3.88. The summed E-state index contributed by atoms with van der Waals surface area (Å²) >= 11 is 0. The van der Waals surface area contributed by atoms with Crippen LogP contribution in [-0.2, 0) is 6.42 Å². The maximum absolute atomic E-state index is 3.42. The minimum Gasteiger partial charge on any atom is -0.378 e. The minimum atomic E-state index is 0.247. The molecule has 0 spiro atoms. The molecule has 21 heavy (non-hydrogen) atoms. The zero-order chi connectivity index (χ0) is 15.2. The topological polar surface area (TPSA) is 15.3 Å². The van der Waals surface area contributed by atoms with E-state index in [1.165, 1.54) is 28.8 Å². The SMILES string of the molecule is CCCc1ccc(C(NC)c2ccc(N(C)C)cc2)cc1. The fourth-order valence-electron chi connectivity index (χ4n) is 2.66. The van der Waals surface area contributed by atoms with Crippen LogP contribution in [0, 0.1) is 0 Å². The number of anilines is 1. The maximum atomic E-state index is 3.42. The molecule has 0 aliphatic rings. The van der Waals surface area contributed by atoms with Crippen LogP contribution in [0.3, 0.4) is 0 Å². The lowest BCUT2D eigenvalue weighted by atomic mass is 9.97. The Labute approximate surface area is 128 Å². The van der Waals surface area contributed by atoms with Crippen LogP contribution in [0.4, 0.5) is 5.69 Å². The highest BCUT2D eigenvalue weighted by Gasteiger charge is 2.11. The lowest BCUT2D eigenvalue weighted by Crippen LogP contribution is -2.18. The molecule has 2 aromatic carbocycles. The summed E-state index contributed by atoms with van der Waals surface area (Å²) in [7, 11) is 6.15. The second-order valence-corrected chi connectivity index (χ2v) is 5.70. The lowest BCUT2D eigenvalue weighted by molar-refractivity contribution is 0.691. The van der Waals surface area contributed by atoms with E-state index in [0.717, 1.165) is 6.42 Å². The minimum absolute atomic E-state index is 0.247.